The summed E-state index contributed by atoms with van der Waals surface area (Å²) in [5, 5.41) is 4.46. The van der Waals surface area contributed by atoms with Gasteiger partial charge < -0.3 is 14.4 Å². The van der Waals surface area contributed by atoms with E-state index in [0.717, 1.165) is 5.56 Å². The van der Waals surface area contributed by atoms with E-state index in [1.807, 2.05) is 37.3 Å². The van der Waals surface area contributed by atoms with Crippen LogP contribution in [-0.2, 0) is 25.6 Å². The molecule has 2 heterocycles. The minimum Gasteiger partial charge on any atom is -0.466 e. The Morgan fingerprint density at radius 2 is 1.74 bits per heavy atom. The van der Waals surface area contributed by atoms with Crippen LogP contribution in [0.2, 0.25) is 0 Å². The van der Waals surface area contributed by atoms with Gasteiger partial charge in [-0.25, -0.2) is 4.79 Å². The molecule has 1 aliphatic rings. The van der Waals surface area contributed by atoms with Crippen molar-refractivity contribution in [2.24, 2.45) is 5.92 Å². The van der Waals surface area contributed by atoms with Crippen molar-refractivity contribution >= 4 is 17.8 Å². The second-order valence-corrected chi connectivity index (χ2v) is 7.67. The summed E-state index contributed by atoms with van der Waals surface area (Å²) in [7, 11) is 0. The summed E-state index contributed by atoms with van der Waals surface area (Å²) in [5.74, 6) is -1.20. The molecular formula is C23H29N3O5. The average molecular weight is 428 g/mol. The number of nitrogens with zero attached hydrogens (tertiary/aromatic N) is 3. The summed E-state index contributed by atoms with van der Waals surface area (Å²) in [4.78, 5) is 38.6. The van der Waals surface area contributed by atoms with Crippen LogP contribution in [0.5, 0.6) is 0 Å². The van der Waals surface area contributed by atoms with Gasteiger partial charge in [0.05, 0.1) is 30.5 Å². The fourth-order valence-electron chi connectivity index (χ4n) is 3.82. The first kappa shape index (κ1) is 22.5. The zero-order valence-corrected chi connectivity index (χ0v) is 18.3. The lowest BCUT2D eigenvalue weighted by Gasteiger charge is -2.30. The molecule has 166 valence electrons. The van der Waals surface area contributed by atoms with Crippen LogP contribution < -0.4 is 0 Å². The lowest BCUT2D eigenvalue weighted by molar-refractivity contribution is -0.151. The first-order chi connectivity index (χ1) is 14.9. The third kappa shape index (κ3) is 5.51. The highest BCUT2D eigenvalue weighted by atomic mass is 16.5. The normalized spacial score (nSPS) is 14.4. The number of esters is 2. The van der Waals surface area contributed by atoms with E-state index in [1.165, 1.54) is 0 Å². The topological polar surface area (TPSA) is 90.7 Å². The molecule has 0 unspecified atom stereocenters. The Bertz CT molecular complexity index is 930. The average Bonchev–Trinajstić information content (AvgIpc) is 3.05. The number of ether oxygens (including phenoxy) is 2. The standard InChI is InChI=1S/C23H29N3O5/c1-4-30-22(28)19-10-12-25(13-11-19)20(27)15-31-23(29)21-16(2)24-26(17(21)3)14-18-8-6-5-7-9-18/h5-9,19H,4,10-15H2,1-3H3. The number of aryl methyl sites for hydroxylation is 1. The van der Waals surface area contributed by atoms with Crippen molar-refractivity contribution in [2.45, 2.75) is 40.2 Å². The van der Waals surface area contributed by atoms with Gasteiger partial charge in [0.25, 0.3) is 5.91 Å². The van der Waals surface area contributed by atoms with Crippen LogP contribution in [0, 0.1) is 19.8 Å². The molecule has 3 rings (SSSR count). The molecule has 1 saturated heterocycles. The van der Waals surface area contributed by atoms with Gasteiger partial charge >= 0.3 is 11.9 Å². The lowest BCUT2D eigenvalue weighted by Crippen LogP contribution is -2.42. The van der Waals surface area contributed by atoms with E-state index in [2.05, 4.69) is 5.10 Å². The summed E-state index contributed by atoms with van der Waals surface area (Å²) in [6.07, 6.45) is 1.12. The van der Waals surface area contributed by atoms with Crippen molar-refractivity contribution in [3.63, 3.8) is 0 Å². The predicted octanol–water partition coefficient (Wildman–Crippen LogP) is 2.51. The van der Waals surface area contributed by atoms with E-state index in [0.29, 0.717) is 56.0 Å². The van der Waals surface area contributed by atoms with Crippen LogP contribution >= 0.6 is 0 Å². The van der Waals surface area contributed by atoms with Crippen molar-refractivity contribution < 1.29 is 23.9 Å². The van der Waals surface area contributed by atoms with E-state index < -0.39 is 5.97 Å². The molecule has 1 fully saturated rings. The van der Waals surface area contributed by atoms with Gasteiger partial charge in [-0.3, -0.25) is 14.3 Å². The van der Waals surface area contributed by atoms with Crippen LogP contribution in [0.1, 0.15) is 47.1 Å². The first-order valence-corrected chi connectivity index (χ1v) is 10.6. The molecule has 0 spiro atoms. The number of likely N-dealkylation sites (tertiary alicyclic amines) is 1. The summed E-state index contributed by atoms with van der Waals surface area (Å²) in [6.45, 7) is 6.84. The Hall–Kier alpha value is -3.16. The molecule has 8 heteroatoms. The molecule has 8 nitrogen and oxygen atoms in total. The van der Waals surface area contributed by atoms with Crippen molar-refractivity contribution in [2.75, 3.05) is 26.3 Å². The van der Waals surface area contributed by atoms with Crippen molar-refractivity contribution in [1.82, 2.24) is 14.7 Å². The van der Waals surface area contributed by atoms with E-state index in [1.54, 1.807) is 23.4 Å². The molecule has 0 N–H and O–H groups in total. The summed E-state index contributed by atoms with van der Waals surface area (Å²) in [5.41, 5.74) is 2.74. The number of benzene rings is 1. The molecule has 31 heavy (non-hydrogen) atoms. The highest BCUT2D eigenvalue weighted by Gasteiger charge is 2.29. The van der Waals surface area contributed by atoms with Crippen molar-refractivity contribution in [1.29, 1.82) is 0 Å². The van der Waals surface area contributed by atoms with Gasteiger partial charge in [-0.2, -0.15) is 5.10 Å². The van der Waals surface area contributed by atoms with Gasteiger partial charge in [-0.1, -0.05) is 30.3 Å². The molecule has 0 saturated carbocycles. The number of carbonyl (C=O) groups excluding carboxylic acids is 3. The van der Waals surface area contributed by atoms with Crippen molar-refractivity contribution in [3.05, 3.63) is 52.8 Å². The quantitative estimate of drug-likeness (QED) is 0.631. The molecule has 1 aromatic heterocycles. The number of hydrogen-bond donors (Lipinski definition) is 0. The highest BCUT2D eigenvalue weighted by Crippen LogP contribution is 2.20. The summed E-state index contributed by atoms with van der Waals surface area (Å²) >= 11 is 0. The predicted molar refractivity (Wildman–Crippen MR) is 113 cm³/mol. The van der Waals surface area contributed by atoms with Crippen LogP contribution in [0.15, 0.2) is 30.3 Å². The van der Waals surface area contributed by atoms with Gasteiger partial charge in [0, 0.05) is 13.1 Å². The highest BCUT2D eigenvalue weighted by molar-refractivity contribution is 5.93. The molecule has 0 aliphatic carbocycles. The van der Waals surface area contributed by atoms with E-state index >= 15 is 0 Å². The molecule has 1 amide bonds. The minimum atomic E-state index is -0.552. The van der Waals surface area contributed by atoms with Crippen LogP contribution in [-0.4, -0.2) is 58.8 Å². The van der Waals surface area contributed by atoms with E-state index in [9.17, 15) is 14.4 Å². The van der Waals surface area contributed by atoms with E-state index in [4.69, 9.17) is 9.47 Å². The van der Waals surface area contributed by atoms with Gasteiger partial charge in [0.1, 0.15) is 5.56 Å². The SMILES string of the molecule is CCOC(=O)C1CCN(C(=O)COC(=O)c2c(C)nn(Cc3ccccc3)c2C)CC1. The smallest absolute Gasteiger partial charge is 0.342 e. The number of amides is 1. The number of rotatable bonds is 7. The maximum Gasteiger partial charge on any atom is 0.342 e. The largest absolute Gasteiger partial charge is 0.466 e. The van der Waals surface area contributed by atoms with E-state index in [-0.39, 0.29) is 24.4 Å². The zero-order valence-electron chi connectivity index (χ0n) is 18.3. The molecule has 1 aromatic carbocycles. The molecule has 0 radical (unpaired) electrons. The Kier molecular flexibility index (Phi) is 7.44. The maximum atomic E-state index is 12.6. The first-order valence-electron chi connectivity index (χ1n) is 10.6. The minimum absolute atomic E-state index is 0.174. The van der Waals surface area contributed by atoms with Crippen LogP contribution in [0.3, 0.4) is 0 Å². The maximum absolute atomic E-state index is 12.6. The van der Waals surface area contributed by atoms with Gasteiger partial charge in [0.2, 0.25) is 0 Å². The van der Waals surface area contributed by atoms with Gasteiger partial charge in [0.15, 0.2) is 6.61 Å². The third-order valence-corrected chi connectivity index (χ3v) is 5.56. The van der Waals surface area contributed by atoms with Crippen LogP contribution in [0.25, 0.3) is 0 Å². The Morgan fingerprint density at radius 3 is 2.39 bits per heavy atom. The molecular weight excluding hydrogens is 398 g/mol. The Balaban J connectivity index is 1.54. The Labute approximate surface area is 182 Å². The monoisotopic (exact) mass is 427 g/mol. The van der Waals surface area contributed by atoms with Gasteiger partial charge in [-0.05, 0) is 39.2 Å². The zero-order chi connectivity index (χ0) is 22.4. The Morgan fingerprint density at radius 1 is 1.06 bits per heavy atom. The molecule has 2 aromatic rings. The fraction of sp³-hybridized carbons (Fsp3) is 0.478. The molecule has 0 atom stereocenters. The lowest BCUT2D eigenvalue weighted by atomic mass is 9.97. The summed E-state index contributed by atoms with van der Waals surface area (Å²) in [6, 6.07) is 9.86. The van der Waals surface area contributed by atoms with Crippen LogP contribution in [0.4, 0.5) is 0 Å². The van der Waals surface area contributed by atoms with Gasteiger partial charge in [-0.15, -0.1) is 0 Å². The second-order valence-electron chi connectivity index (χ2n) is 7.67. The number of aromatic nitrogens is 2. The molecule has 0 bridgehead atoms. The number of hydrogen-bond acceptors (Lipinski definition) is 6. The second kappa shape index (κ2) is 10.2. The molecule has 1 aliphatic heterocycles. The van der Waals surface area contributed by atoms with Crippen molar-refractivity contribution in [3.8, 4) is 0 Å². The number of carbonyl (C=O) groups is 3. The summed E-state index contributed by atoms with van der Waals surface area (Å²) < 4.78 is 12.1. The third-order valence-electron chi connectivity index (χ3n) is 5.56. The fourth-order valence-corrected chi connectivity index (χ4v) is 3.82. The number of piperidine rings is 1.